The van der Waals surface area contributed by atoms with Gasteiger partial charge in [-0.05, 0) is 13.8 Å². The number of hydrogen-bond donors (Lipinski definition) is 0. The Kier molecular flexibility index (Phi) is 3.20. The minimum Gasteiger partial charge on any atom is -0.229 e. The molecule has 0 saturated carbocycles. The van der Waals surface area contributed by atoms with Crippen molar-refractivity contribution in [3.63, 3.8) is 0 Å². The molecule has 0 fully saturated rings. The Hall–Kier alpha value is -0.560. The standard InChI is InChI=1S/C7H11O/c1-4-6(2)5-7(3)8/h4-5,7H,1H2,2-3H3/b6-5+. The van der Waals surface area contributed by atoms with Gasteiger partial charge in [0.1, 0.15) is 6.10 Å². The van der Waals surface area contributed by atoms with Crippen LogP contribution >= 0.6 is 0 Å². The Bertz CT molecular complexity index is 101. The summed E-state index contributed by atoms with van der Waals surface area (Å²) < 4.78 is 0. The maximum absolute atomic E-state index is 10.4. The molecular weight excluding hydrogens is 100 g/mol. The third kappa shape index (κ3) is 3.62. The lowest BCUT2D eigenvalue weighted by atomic mass is 10.2. The molecule has 0 rings (SSSR count). The van der Waals surface area contributed by atoms with Gasteiger partial charge in [0.25, 0.3) is 0 Å². The minimum absolute atomic E-state index is 0.604. The molecular formula is C7H11O. The fourth-order valence-corrected chi connectivity index (χ4v) is 0.438. The molecule has 0 aliphatic rings. The largest absolute Gasteiger partial charge is 0.229 e. The first-order chi connectivity index (χ1) is 3.66. The molecule has 1 atom stereocenters. The molecule has 0 aromatic rings. The van der Waals surface area contributed by atoms with E-state index in [1.54, 1.807) is 19.1 Å². The Labute approximate surface area is 50.3 Å². The van der Waals surface area contributed by atoms with Gasteiger partial charge in [-0.25, -0.2) is 5.11 Å². The van der Waals surface area contributed by atoms with Crippen LogP contribution in [-0.2, 0) is 5.11 Å². The van der Waals surface area contributed by atoms with Gasteiger partial charge in [0.15, 0.2) is 0 Å². The van der Waals surface area contributed by atoms with Gasteiger partial charge in [0, 0.05) is 0 Å². The molecule has 0 spiro atoms. The van der Waals surface area contributed by atoms with Crippen LogP contribution in [0.25, 0.3) is 0 Å². The highest BCUT2D eigenvalue weighted by atomic mass is 16.3. The SMILES string of the molecule is C=C/C(C)=C/C(C)[O]. The summed E-state index contributed by atoms with van der Waals surface area (Å²) in [5.41, 5.74) is 0.951. The highest BCUT2D eigenvalue weighted by Gasteiger charge is 1.88. The summed E-state index contributed by atoms with van der Waals surface area (Å²) in [6, 6.07) is 0. The lowest BCUT2D eigenvalue weighted by Crippen LogP contribution is -1.90. The molecule has 45 valence electrons. The van der Waals surface area contributed by atoms with E-state index in [0.29, 0.717) is 0 Å². The van der Waals surface area contributed by atoms with Crippen molar-refractivity contribution in [3.05, 3.63) is 24.3 Å². The van der Waals surface area contributed by atoms with Crippen molar-refractivity contribution >= 4 is 0 Å². The zero-order valence-electron chi connectivity index (χ0n) is 5.35. The second-order valence-corrected chi connectivity index (χ2v) is 1.82. The van der Waals surface area contributed by atoms with Crippen LogP contribution in [0.15, 0.2) is 24.3 Å². The van der Waals surface area contributed by atoms with Gasteiger partial charge in [-0.1, -0.05) is 24.3 Å². The molecule has 1 heteroatoms. The van der Waals surface area contributed by atoms with Crippen molar-refractivity contribution in [3.8, 4) is 0 Å². The quantitative estimate of drug-likeness (QED) is 0.485. The van der Waals surface area contributed by atoms with Crippen molar-refractivity contribution in [2.24, 2.45) is 0 Å². The Morgan fingerprint density at radius 3 is 2.38 bits per heavy atom. The highest BCUT2D eigenvalue weighted by Crippen LogP contribution is 1.95. The first kappa shape index (κ1) is 7.44. The predicted octanol–water partition coefficient (Wildman–Crippen LogP) is 1.94. The second-order valence-electron chi connectivity index (χ2n) is 1.82. The molecule has 0 heterocycles. The van der Waals surface area contributed by atoms with Crippen molar-refractivity contribution in [1.82, 2.24) is 0 Å². The third-order valence-electron chi connectivity index (χ3n) is 0.820. The van der Waals surface area contributed by atoms with Crippen LogP contribution in [0.2, 0.25) is 0 Å². The van der Waals surface area contributed by atoms with E-state index in [0.717, 1.165) is 5.57 Å². The van der Waals surface area contributed by atoms with E-state index in [-0.39, 0.29) is 0 Å². The second kappa shape index (κ2) is 3.44. The Balaban J connectivity index is 3.74. The van der Waals surface area contributed by atoms with Gasteiger partial charge >= 0.3 is 0 Å². The lowest BCUT2D eigenvalue weighted by Gasteiger charge is -1.91. The maximum Gasteiger partial charge on any atom is 0.109 e. The van der Waals surface area contributed by atoms with Crippen LogP contribution in [-0.4, -0.2) is 6.10 Å². The number of allylic oxidation sites excluding steroid dienone is 2. The average molecular weight is 111 g/mol. The van der Waals surface area contributed by atoms with E-state index in [1.165, 1.54) is 0 Å². The summed E-state index contributed by atoms with van der Waals surface area (Å²) >= 11 is 0. The van der Waals surface area contributed by atoms with Crippen molar-refractivity contribution in [1.29, 1.82) is 0 Å². The third-order valence-corrected chi connectivity index (χ3v) is 0.820. The molecule has 8 heavy (non-hydrogen) atoms. The fourth-order valence-electron chi connectivity index (χ4n) is 0.438. The van der Waals surface area contributed by atoms with Gasteiger partial charge in [0.05, 0.1) is 0 Å². The molecule has 1 nitrogen and oxygen atoms in total. The van der Waals surface area contributed by atoms with E-state index in [2.05, 4.69) is 6.58 Å². The average Bonchev–Trinajstić information content (AvgIpc) is 1.65. The zero-order valence-corrected chi connectivity index (χ0v) is 5.35. The Morgan fingerprint density at radius 1 is 1.75 bits per heavy atom. The van der Waals surface area contributed by atoms with Crippen LogP contribution in [0.4, 0.5) is 0 Å². The normalized spacial score (nSPS) is 15.6. The summed E-state index contributed by atoms with van der Waals surface area (Å²) in [6.07, 6.45) is 2.70. The van der Waals surface area contributed by atoms with Gasteiger partial charge in [0.2, 0.25) is 0 Å². The maximum atomic E-state index is 10.4. The molecule has 1 radical (unpaired) electrons. The molecule has 0 aromatic heterocycles. The number of hydrogen-bond acceptors (Lipinski definition) is 0. The molecule has 0 amide bonds. The summed E-state index contributed by atoms with van der Waals surface area (Å²) in [6.45, 7) is 6.97. The molecule has 0 aliphatic heterocycles. The topological polar surface area (TPSA) is 19.9 Å². The first-order valence-corrected chi connectivity index (χ1v) is 2.63. The van der Waals surface area contributed by atoms with E-state index < -0.39 is 6.10 Å². The van der Waals surface area contributed by atoms with E-state index in [4.69, 9.17) is 0 Å². The predicted molar refractivity (Wildman–Crippen MR) is 34.1 cm³/mol. The molecule has 1 unspecified atom stereocenters. The summed E-state index contributed by atoms with van der Waals surface area (Å²) in [5, 5.41) is 10.4. The van der Waals surface area contributed by atoms with Crippen LogP contribution < -0.4 is 0 Å². The molecule has 0 aromatic carbocycles. The van der Waals surface area contributed by atoms with Gasteiger partial charge in [-0.2, -0.15) is 0 Å². The Morgan fingerprint density at radius 2 is 2.25 bits per heavy atom. The van der Waals surface area contributed by atoms with E-state index in [9.17, 15) is 5.11 Å². The fraction of sp³-hybridized carbons (Fsp3) is 0.429. The lowest BCUT2D eigenvalue weighted by molar-refractivity contribution is 0.146. The highest BCUT2D eigenvalue weighted by molar-refractivity contribution is 5.13. The van der Waals surface area contributed by atoms with E-state index in [1.807, 2.05) is 6.92 Å². The first-order valence-electron chi connectivity index (χ1n) is 2.63. The minimum atomic E-state index is -0.604. The van der Waals surface area contributed by atoms with Crippen LogP contribution in [0, 0.1) is 0 Å². The van der Waals surface area contributed by atoms with Crippen LogP contribution in [0.5, 0.6) is 0 Å². The van der Waals surface area contributed by atoms with Crippen LogP contribution in [0.3, 0.4) is 0 Å². The smallest absolute Gasteiger partial charge is 0.109 e. The van der Waals surface area contributed by atoms with Crippen molar-refractivity contribution < 1.29 is 5.11 Å². The molecule has 0 aliphatic carbocycles. The van der Waals surface area contributed by atoms with Gasteiger partial charge < -0.3 is 0 Å². The summed E-state index contributed by atoms with van der Waals surface area (Å²) in [5.74, 6) is 0. The number of rotatable bonds is 2. The van der Waals surface area contributed by atoms with Crippen LogP contribution in [0.1, 0.15) is 13.8 Å². The van der Waals surface area contributed by atoms with Crippen molar-refractivity contribution in [2.45, 2.75) is 20.0 Å². The molecule has 0 saturated heterocycles. The molecule has 0 bridgehead atoms. The van der Waals surface area contributed by atoms with Gasteiger partial charge in [-0.15, -0.1) is 0 Å². The molecule has 0 N–H and O–H groups in total. The zero-order chi connectivity index (χ0) is 6.57. The van der Waals surface area contributed by atoms with Gasteiger partial charge in [-0.3, -0.25) is 0 Å². The van der Waals surface area contributed by atoms with Crippen molar-refractivity contribution in [2.75, 3.05) is 0 Å². The monoisotopic (exact) mass is 111 g/mol. The summed E-state index contributed by atoms with van der Waals surface area (Å²) in [7, 11) is 0. The summed E-state index contributed by atoms with van der Waals surface area (Å²) in [4.78, 5) is 0. The van der Waals surface area contributed by atoms with E-state index >= 15 is 0 Å².